The highest BCUT2D eigenvalue weighted by atomic mass is 19.1. The summed E-state index contributed by atoms with van der Waals surface area (Å²) in [5, 5.41) is 6.43. The lowest BCUT2D eigenvalue weighted by atomic mass is 9.98. The Hall–Kier alpha value is -3.28. The molecule has 0 bridgehead atoms. The third-order valence-corrected chi connectivity index (χ3v) is 4.35. The summed E-state index contributed by atoms with van der Waals surface area (Å²) in [6.07, 6.45) is 0.632. The summed E-state index contributed by atoms with van der Waals surface area (Å²) in [5.41, 5.74) is 3.20. The van der Waals surface area contributed by atoms with Gasteiger partial charge in [0.15, 0.2) is 0 Å². The molecular weight excluding hydrogens is 331 g/mol. The number of nitrogens with one attached hydrogen (secondary N) is 1. The highest BCUT2D eigenvalue weighted by Gasteiger charge is 2.31. The molecule has 3 aromatic rings. The van der Waals surface area contributed by atoms with Gasteiger partial charge < -0.3 is 0 Å². The molecule has 1 aliphatic heterocycles. The molecule has 5 nitrogen and oxygen atoms in total. The van der Waals surface area contributed by atoms with E-state index in [0.29, 0.717) is 18.1 Å². The molecule has 1 aliphatic rings. The number of rotatable bonds is 3. The summed E-state index contributed by atoms with van der Waals surface area (Å²) < 4.78 is 13.3. The van der Waals surface area contributed by atoms with E-state index < -0.39 is 0 Å². The Balaban J connectivity index is 1.79. The first-order chi connectivity index (χ1) is 12.6. The second kappa shape index (κ2) is 6.55. The number of nitrogens with zero attached hydrogens (tertiary/aromatic N) is 3. The van der Waals surface area contributed by atoms with Gasteiger partial charge in [-0.15, -0.1) is 0 Å². The lowest BCUT2D eigenvalue weighted by Crippen LogP contribution is -2.24. The molecule has 0 aliphatic carbocycles. The smallest absolute Gasteiger partial charge is 0.252 e. The van der Waals surface area contributed by atoms with Crippen molar-refractivity contribution in [1.82, 2.24) is 9.97 Å². The number of hydrogen-bond acceptors (Lipinski definition) is 4. The fourth-order valence-corrected chi connectivity index (χ4v) is 3.13. The maximum atomic E-state index is 13.3. The fourth-order valence-electron chi connectivity index (χ4n) is 3.13. The Labute approximate surface area is 149 Å². The second-order valence-electron chi connectivity index (χ2n) is 6.24. The van der Waals surface area contributed by atoms with E-state index in [0.717, 1.165) is 16.8 Å². The van der Waals surface area contributed by atoms with Crippen molar-refractivity contribution in [3.63, 3.8) is 0 Å². The average molecular weight is 348 g/mol. The van der Waals surface area contributed by atoms with Crippen molar-refractivity contribution in [2.45, 2.75) is 19.4 Å². The molecule has 0 saturated heterocycles. The van der Waals surface area contributed by atoms with Crippen molar-refractivity contribution in [2.24, 2.45) is 5.10 Å². The Kier molecular flexibility index (Phi) is 4.08. The van der Waals surface area contributed by atoms with Gasteiger partial charge in [-0.1, -0.05) is 42.5 Å². The van der Waals surface area contributed by atoms with Crippen LogP contribution in [0.5, 0.6) is 0 Å². The SMILES string of the molecule is Cc1cc(=O)[nH]c(N2N=C(c3ccccc3)CC2c2ccc(F)cc2)n1. The van der Waals surface area contributed by atoms with Gasteiger partial charge in [-0.3, -0.25) is 9.78 Å². The first kappa shape index (κ1) is 16.2. The van der Waals surface area contributed by atoms with Crippen LogP contribution >= 0.6 is 0 Å². The monoisotopic (exact) mass is 348 g/mol. The van der Waals surface area contributed by atoms with Gasteiger partial charge >= 0.3 is 0 Å². The number of H-pyrrole nitrogens is 1. The van der Waals surface area contributed by atoms with Crippen LogP contribution in [0.4, 0.5) is 10.3 Å². The van der Waals surface area contributed by atoms with Crippen molar-refractivity contribution in [3.8, 4) is 0 Å². The first-order valence-corrected chi connectivity index (χ1v) is 8.36. The van der Waals surface area contributed by atoms with Crippen LogP contribution in [0.25, 0.3) is 0 Å². The van der Waals surface area contributed by atoms with E-state index >= 15 is 0 Å². The molecular formula is C20H17FN4O. The Morgan fingerprint density at radius 2 is 1.85 bits per heavy atom. The van der Waals surface area contributed by atoms with E-state index in [1.165, 1.54) is 18.2 Å². The summed E-state index contributed by atoms with van der Waals surface area (Å²) >= 11 is 0. The first-order valence-electron chi connectivity index (χ1n) is 8.36. The highest BCUT2D eigenvalue weighted by molar-refractivity contribution is 6.03. The van der Waals surface area contributed by atoms with Crippen molar-refractivity contribution in [1.29, 1.82) is 0 Å². The Morgan fingerprint density at radius 3 is 2.54 bits per heavy atom. The van der Waals surface area contributed by atoms with Crippen LogP contribution in [0.3, 0.4) is 0 Å². The van der Waals surface area contributed by atoms with E-state index in [4.69, 9.17) is 5.10 Å². The number of hydrazone groups is 1. The van der Waals surface area contributed by atoms with E-state index in [9.17, 15) is 9.18 Å². The van der Waals surface area contributed by atoms with Gasteiger partial charge in [0.1, 0.15) is 5.82 Å². The molecule has 1 atom stereocenters. The van der Waals surface area contributed by atoms with Gasteiger partial charge in [0.25, 0.3) is 5.56 Å². The number of benzene rings is 2. The predicted molar refractivity (Wildman–Crippen MR) is 98.8 cm³/mol. The maximum absolute atomic E-state index is 13.3. The van der Waals surface area contributed by atoms with Crippen LogP contribution in [0.1, 0.15) is 29.3 Å². The number of aromatic nitrogens is 2. The zero-order valence-electron chi connectivity index (χ0n) is 14.2. The van der Waals surface area contributed by atoms with Crippen molar-refractivity contribution in [3.05, 3.63) is 93.7 Å². The van der Waals surface area contributed by atoms with Crippen LogP contribution in [0, 0.1) is 12.7 Å². The van der Waals surface area contributed by atoms with Gasteiger partial charge in [-0.25, -0.2) is 14.4 Å². The molecule has 2 heterocycles. The molecule has 6 heteroatoms. The molecule has 0 fully saturated rings. The van der Waals surface area contributed by atoms with Crippen LogP contribution in [0.2, 0.25) is 0 Å². The maximum Gasteiger partial charge on any atom is 0.252 e. The van der Waals surface area contributed by atoms with Gasteiger partial charge in [0.2, 0.25) is 5.95 Å². The standard InChI is InChI=1S/C20H17FN4O/c1-13-11-19(26)23-20(22-13)25-18(15-7-9-16(21)10-8-15)12-17(24-25)14-5-3-2-4-6-14/h2-11,18H,12H2,1H3,(H,22,23,26). The molecule has 1 N–H and O–H groups in total. The van der Waals surface area contributed by atoms with E-state index in [2.05, 4.69) is 9.97 Å². The lowest BCUT2D eigenvalue weighted by Gasteiger charge is -2.22. The summed E-state index contributed by atoms with van der Waals surface area (Å²) in [6.45, 7) is 1.77. The summed E-state index contributed by atoms with van der Waals surface area (Å²) in [7, 11) is 0. The quantitative estimate of drug-likeness (QED) is 0.787. The van der Waals surface area contributed by atoms with E-state index in [1.54, 1.807) is 24.1 Å². The summed E-state index contributed by atoms with van der Waals surface area (Å²) in [4.78, 5) is 19.1. The fraction of sp³-hybridized carbons (Fsp3) is 0.150. The molecule has 1 aromatic heterocycles. The molecule has 130 valence electrons. The average Bonchev–Trinajstić information content (AvgIpc) is 3.08. The topological polar surface area (TPSA) is 61.4 Å². The van der Waals surface area contributed by atoms with Gasteiger partial charge in [-0.2, -0.15) is 5.10 Å². The Bertz CT molecular complexity index is 1010. The van der Waals surface area contributed by atoms with Crippen LogP contribution in [-0.2, 0) is 0 Å². The minimum absolute atomic E-state index is 0.171. The molecule has 0 radical (unpaired) electrons. The summed E-state index contributed by atoms with van der Waals surface area (Å²) in [6, 6.07) is 17.5. The molecule has 0 amide bonds. The predicted octanol–water partition coefficient (Wildman–Crippen LogP) is 3.57. The molecule has 1 unspecified atom stereocenters. The van der Waals surface area contributed by atoms with Crippen molar-refractivity contribution in [2.75, 3.05) is 5.01 Å². The molecule has 26 heavy (non-hydrogen) atoms. The third-order valence-electron chi connectivity index (χ3n) is 4.35. The molecule has 0 saturated carbocycles. The normalized spacial score (nSPS) is 16.6. The lowest BCUT2D eigenvalue weighted by molar-refractivity contribution is 0.623. The minimum Gasteiger partial charge on any atom is -0.291 e. The molecule has 0 spiro atoms. The van der Waals surface area contributed by atoms with Crippen molar-refractivity contribution >= 4 is 11.7 Å². The number of halogens is 1. The molecule has 2 aromatic carbocycles. The second-order valence-corrected chi connectivity index (χ2v) is 6.24. The minimum atomic E-state index is -0.287. The molecule has 4 rings (SSSR count). The summed E-state index contributed by atoms with van der Waals surface area (Å²) in [5.74, 6) is 0.0971. The van der Waals surface area contributed by atoms with Gasteiger partial charge in [-0.05, 0) is 30.2 Å². The zero-order chi connectivity index (χ0) is 18.1. The van der Waals surface area contributed by atoms with Crippen LogP contribution < -0.4 is 10.6 Å². The van der Waals surface area contributed by atoms with E-state index in [1.807, 2.05) is 30.3 Å². The third kappa shape index (κ3) is 3.13. The Morgan fingerprint density at radius 1 is 1.12 bits per heavy atom. The van der Waals surface area contributed by atoms with Gasteiger partial charge in [0, 0.05) is 18.2 Å². The zero-order valence-corrected chi connectivity index (χ0v) is 14.2. The van der Waals surface area contributed by atoms with Crippen LogP contribution in [0.15, 0.2) is 70.6 Å². The number of hydrogen-bond donors (Lipinski definition) is 1. The van der Waals surface area contributed by atoms with Crippen LogP contribution in [-0.4, -0.2) is 15.7 Å². The van der Waals surface area contributed by atoms with E-state index in [-0.39, 0.29) is 17.4 Å². The van der Waals surface area contributed by atoms with Gasteiger partial charge in [0.05, 0.1) is 11.8 Å². The van der Waals surface area contributed by atoms with Crippen molar-refractivity contribution < 1.29 is 4.39 Å². The largest absolute Gasteiger partial charge is 0.291 e. The number of aryl methyl sites for hydroxylation is 1. The number of aromatic amines is 1. The highest BCUT2D eigenvalue weighted by Crippen LogP contribution is 2.34. The number of anilines is 1.